The van der Waals surface area contributed by atoms with Gasteiger partial charge in [-0.15, -0.1) is 0 Å². The quantitative estimate of drug-likeness (QED) is 0.577. The van der Waals surface area contributed by atoms with Crippen LogP contribution in [0.4, 0.5) is 8.78 Å². The Morgan fingerprint density at radius 3 is 2.53 bits per heavy atom. The predicted octanol–water partition coefficient (Wildman–Crippen LogP) is 1.27. The molecule has 0 aliphatic rings. The number of carbonyl (C=O) groups excluding carboxylic acids is 1. The Balaban J connectivity index is 3.01. The van der Waals surface area contributed by atoms with Crippen molar-refractivity contribution in [2.45, 2.75) is 6.92 Å². The van der Waals surface area contributed by atoms with Gasteiger partial charge in [0, 0.05) is 11.0 Å². The number of aromatic nitrogens is 2. The Bertz CT molecular complexity index is 755. The summed E-state index contributed by atoms with van der Waals surface area (Å²) < 4.78 is 30.8. The molecule has 0 spiro atoms. The fraction of sp³-hybridized carbons (Fsp3) is 0.182. The summed E-state index contributed by atoms with van der Waals surface area (Å²) in [6.45, 7) is 1.20. The van der Waals surface area contributed by atoms with Gasteiger partial charge in [-0.3, -0.25) is 0 Å². The highest BCUT2D eigenvalue weighted by Crippen LogP contribution is 2.18. The minimum atomic E-state index is -1.29. The van der Waals surface area contributed by atoms with Gasteiger partial charge in [0.25, 0.3) is 5.52 Å². The normalized spacial score (nSPS) is 10.7. The summed E-state index contributed by atoms with van der Waals surface area (Å²) in [5.41, 5.74) is -1.67. The molecule has 0 atom stereocenters. The van der Waals surface area contributed by atoms with Crippen molar-refractivity contribution >= 4 is 17.0 Å². The maximum absolute atomic E-state index is 13.1. The lowest BCUT2D eigenvalue weighted by Crippen LogP contribution is -2.31. The van der Waals surface area contributed by atoms with Crippen LogP contribution in [-0.4, -0.2) is 17.8 Å². The first-order valence-corrected chi connectivity index (χ1v) is 5.11. The number of hydrogen-bond donors (Lipinski definition) is 0. The second kappa shape index (κ2) is 4.30. The number of ether oxygens (including phenoxy) is 1. The van der Waals surface area contributed by atoms with E-state index in [2.05, 4.69) is 4.74 Å². The number of nitrogens with zero attached hydrogens (tertiary/aromatic N) is 2. The van der Waals surface area contributed by atoms with Crippen molar-refractivity contribution in [3.8, 4) is 0 Å². The Morgan fingerprint density at radius 2 is 1.95 bits per heavy atom. The van der Waals surface area contributed by atoms with Crippen LogP contribution in [0, 0.1) is 28.7 Å². The van der Waals surface area contributed by atoms with E-state index in [-0.39, 0.29) is 20.4 Å². The average molecular weight is 270 g/mol. The first-order chi connectivity index (χ1) is 8.88. The van der Waals surface area contributed by atoms with E-state index in [4.69, 9.17) is 0 Å². The number of hydrogen-bond acceptors (Lipinski definition) is 4. The van der Waals surface area contributed by atoms with Gasteiger partial charge in [-0.25, -0.2) is 13.6 Å². The van der Waals surface area contributed by atoms with Gasteiger partial charge in [0.15, 0.2) is 11.6 Å². The molecule has 0 N–H and O–H groups in total. The zero-order chi connectivity index (χ0) is 14.3. The molecule has 100 valence electrons. The van der Waals surface area contributed by atoms with E-state index in [1.807, 2.05) is 0 Å². The highest BCUT2D eigenvalue weighted by molar-refractivity contribution is 5.88. The molecule has 19 heavy (non-hydrogen) atoms. The molecule has 0 aliphatic carbocycles. The maximum atomic E-state index is 13.1. The van der Waals surface area contributed by atoms with Crippen LogP contribution in [0.2, 0.25) is 0 Å². The third-order valence-corrected chi connectivity index (χ3v) is 2.68. The molecule has 0 radical (unpaired) electrons. The van der Waals surface area contributed by atoms with E-state index in [1.54, 1.807) is 0 Å². The van der Waals surface area contributed by atoms with Crippen LogP contribution in [0.25, 0.3) is 11.0 Å². The lowest BCUT2D eigenvalue weighted by atomic mass is 10.2. The fourth-order valence-electron chi connectivity index (χ4n) is 1.72. The average Bonchev–Trinajstić information content (AvgIpc) is 2.38. The van der Waals surface area contributed by atoms with Gasteiger partial charge in [0.2, 0.25) is 0 Å². The number of fused-ring (bicyclic) bond motifs is 1. The second-order valence-electron chi connectivity index (χ2n) is 3.77. The summed E-state index contributed by atoms with van der Waals surface area (Å²) in [6.07, 6.45) is 0. The predicted molar refractivity (Wildman–Crippen MR) is 60.1 cm³/mol. The van der Waals surface area contributed by atoms with Crippen LogP contribution in [0.15, 0.2) is 12.1 Å². The molecule has 0 aliphatic heterocycles. The Kier molecular flexibility index (Phi) is 2.93. The minimum absolute atomic E-state index is 0.0490. The van der Waals surface area contributed by atoms with E-state index in [0.717, 1.165) is 7.11 Å². The molecule has 0 amide bonds. The molecular formula is C11H8F2N2O4. The van der Waals surface area contributed by atoms with Crippen LogP contribution in [0.3, 0.4) is 0 Å². The molecular weight excluding hydrogens is 262 g/mol. The highest BCUT2D eigenvalue weighted by atomic mass is 19.2. The minimum Gasteiger partial charge on any atom is -0.805 e. The van der Waals surface area contributed by atoms with Gasteiger partial charge in [0.05, 0.1) is 23.3 Å². The van der Waals surface area contributed by atoms with Gasteiger partial charge < -0.3 is 14.7 Å². The molecule has 2 aromatic rings. The van der Waals surface area contributed by atoms with Gasteiger partial charge >= 0.3 is 11.7 Å². The number of rotatable bonds is 1. The van der Waals surface area contributed by atoms with Crippen molar-refractivity contribution in [3.05, 3.63) is 45.3 Å². The molecule has 1 heterocycles. The maximum Gasteiger partial charge on any atom is 0.410 e. The van der Waals surface area contributed by atoms with E-state index in [1.165, 1.54) is 6.92 Å². The van der Waals surface area contributed by atoms with Crippen molar-refractivity contribution in [1.29, 1.82) is 0 Å². The number of halogens is 2. The summed E-state index contributed by atoms with van der Waals surface area (Å²) >= 11 is 0. The lowest BCUT2D eigenvalue weighted by molar-refractivity contribution is -0.469. The summed E-state index contributed by atoms with van der Waals surface area (Å²) in [4.78, 5) is 23.4. The molecule has 8 heteroatoms. The third kappa shape index (κ3) is 1.81. The van der Waals surface area contributed by atoms with Crippen LogP contribution in [0.5, 0.6) is 0 Å². The van der Waals surface area contributed by atoms with E-state index in [9.17, 15) is 23.7 Å². The van der Waals surface area contributed by atoms with Crippen LogP contribution >= 0.6 is 0 Å². The first-order valence-electron chi connectivity index (χ1n) is 5.11. The van der Waals surface area contributed by atoms with Gasteiger partial charge in [-0.05, 0) is 6.92 Å². The molecule has 0 saturated heterocycles. The summed E-state index contributed by atoms with van der Waals surface area (Å²) in [6, 6.07) is 1.15. The van der Waals surface area contributed by atoms with Crippen molar-refractivity contribution < 1.29 is 22.7 Å². The SMILES string of the molecule is COC(=O)c1c(C)n([O-])c2cc(F)c(F)cc2[n+]1=O. The van der Waals surface area contributed by atoms with E-state index < -0.39 is 28.8 Å². The van der Waals surface area contributed by atoms with Gasteiger partial charge in [-0.1, -0.05) is 0 Å². The molecule has 0 saturated carbocycles. The molecule has 0 bridgehead atoms. The largest absolute Gasteiger partial charge is 0.805 e. The monoisotopic (exact) mass is 270 g/mol. The van der Waals surface area contributed by atoms with Crippen LogP contribution < -0.4 is 4.43 Å². The van der Waals surface area contributed by atoms with Crippen LogP contribution in [0.1, 0.15) is 16.2 Å². The Hall–Kier alpha value is -2.51. The number of benzene rings is 1. The number of esters is 1. The summed E-state index contributed by atoms with van der Waals surface area (Å²) in [5.74, 6) is -3.59. The third-order valence-electron chi connectivity index (χ3n) is 2.68. The second-order valence-corrected chi connectivity index (χ2v) is 3.77. The zero-order valence-electron chi connectivity index (χ0n) is 9.94. The highest BCUT2D eigenvalue weighted by Gasteiger charge is 2.28. The van der Waals surface area contributed by atoms with Gasteiger partial charge in [-0.2, -0.15) is 0 Å². The van der Waals surface area contributed by atoms with E-state index >= 15 is 0 Å². The standard InChI is InChI=1S/C11H8F2N2O4/c1-5-10(11(16)19-2)15(18)9-4-7(13)6(12)3-8(9)14(5)17/h3-4H,1-2H3. The molecule has 0 fully saturated rings. The van der Waals surface area contributed by atoms with Crippen LogP contribution in [-0.2, 0) is 4.74 Å². The smallest absolute Gasteiger partial charge is 0.410 e. The van der Waals surface area contributed by atoms with Crippen molar-refractivity contribution in [3.63, 3.8) is 0 Å². The molecule has 0 unspecified atom stereocenters. The zero-order valence-corrected chi connectivity index (χ0v) is 9.94. The molecule has 1 aromatic heterocycles. The lowest BCUT2D eigenvalue weighted by Gasteiger charge is -2.15. The topological polar surface area (TPSA) is 77.3 Å². The molecule has 1 aromatic carbocycles. The van der Waals surface area contributed by atoms with Crippen molar-refractivity contribution in [2.24, 2.45) is 0 Å². The molecule has 2 rings (SSSR count). The molecule has 6 nitrogen and oxygen atoms in total. The van der Waals surface area contributed by atoms with Gasteiger partial charge in [0.1, 0.15) is 5.52 Å². The Labute approximate surface area is 105 Å². The number of methoxy groups -OCH3 is 1. The van der Waals surface area contributed by atoms with Crippen molar-refractivity contribution in [1.82, 2.24) is 4.73 Å². The summed E-state index contributed by atoms with van der Waals surface area (Å²) in [7, 11) is 1.03. The first kappa shape index (κ1) is 12.9. The fourth-order valence-corrected chi connectivity index (χ4v) is 1.72. The Morgan fingerprint density at radius 1 is 1.37 bits per heavy atom. The van der Waals surface area contributed by atoms with Crippen molar-refractivity contribution in [2.75, 3.05) is 7.11 Å². The summed E-state index contributed by atoms with van der Waals surface area (Å²) in [5, 5.41) is 11.9. The van der Waals surface area contributed by atoms with E-state index in [0.29, 0.717) is 12.1 Å². The number of carbonyl (C=O) groups is 1.